The van der Waals surface area contributed by atoms with Crippen molar-refractivity contribution in [1.82, 2.24) is 10.3 Å². The molecule has 1 saturated heterocycles. The summed E-state index contributed by atoms with van der Waals surface area (Å²) in [5.41, 5.74) is 1.95. The van der Waals surface area contributed by atoms with Crippen LogP contribution in [0, 0.1) is 5.41 Å². The van der Waals surface area contributed by atoms with E-state index < -0.39 is 0 Å². The van der Waals surface area contributed by atoms with Crippen LogP contribution in [-0.2, 0) is 6.54 Å². The van der Waals surface area contributed by atoms with Crippen molar-refractivity contribution in [2.75, 3.05) is 25.0 Å². The van der Waals surface area contributed by atoms with E-state index >= 15 is 0 Å². The van der Waals surface area contributed by atoms with E-state index in [-0.39, 0.29) is 0 Å². The highest BCUT2D eigenvalue weighted by atomic mass is 32.1. The fourth-order valence-corrected chi connectivity index (χ4v) is 4.25. The van der Waals surface area contributed by atoms with E-state index in [0.717, 1.165) is 12.5 Å². The van der Waals surface area contributed by atoms with E-state index in [2.05, 4.69) is 24.1 Å². The lowest BCUT2D eigenvalue weighted by molar-refractivity contribution is 0.238. The normalized spacial score (nSPS) is 22.2. The Kier molecular flexibility index (Phi) is 4.04. The average molecular weight is 293 g/mol. The van der Waals surface area contributed by atoms with Crippen LogP contribution in [0.25, 0.3) is 0 Å². The van der Waals surface area contributed by atoms with Gasteiger partial charge in [-0.05, 0) is 38.1 Å². The lowest BCUT2D eigenvalue weighted by Crippen LogP contribution is -2.38. The van der Waals surface area contributed by atoms with E-state index in [1.54, 1.807) is 0 Å². The highest BCUT2D eigenvalue weighted by molar-refractivity contribution is 7.15. The summed E-state index contributed by atoms with van der Waals surface area (Å²) in [5.74, 6) is 0.758. The van der Waals surface area contributed by atoms with Gasteiger partial charge in [-0.3, -0.25) is 0 Å². The van der Waals surface area contributed by atoms with E-state index in [0.29, 0.717) is 5.41 Å². The molecule has 1 aromatic heterocycles. The van der Waals surface area contributed by atoms with E-state index in [9.17, 15) is 0 Å². The monoisotopic (exact) mass is 293 g/mol. The molecule has 2 aliphatic rings. The van der Waals surface area contributed by atoms with Crippen molar-refractivity contribution in [1.29, 1.82) is 0 Å². The number of anilines is 1. The molecule has 1 aliphatic carbocycles. The topological polar surface area (TPSA) is 28.2 Å². The summed E-state index contributed by atoms with van der Waals surface area (Å²) < 4.78 is 0. The van der Waals surface area contributed by atoms with Crippen molar-refractivity contribution in [2.24, 2.45) is 5.41 Å². The molecule has 1 N–H and O–H groups in total. The zero-order valence-corrected chi connectivity index (χ0v) is 13.9. The maximum Gasteiger partial charge on any atom is 0.185 e. The van der Waals surface area contributed by atoms with Crippen molar-refractivity contribution in [3.8, 4) is 0 Å². The third-order valence-electron chi connectivity index (χ3n) is 5.11. The van der Waals surface area contributed by atoms with Crippen LogP contribution in [0.4, 0.5) is 5.13 Å². The Balaban J connectivity index is 1.73. The lowest BCUT2D eigenvalue weighted by Gasteiger charge is -2.38. The van der Waals surface area contributed by atoms with Gasteiger partial charge < -0.3 is 10.2 Å². The standard InChI is InChI=1S/C16H27N3S/c1-4-16(2)7-9-19(10-8-16)15-18-14(12-5-6-12)13(20-15)11-17-3/h12,17H,4-11H2,1-3H3. The van der Waals surface area contributed by atoms with Crippen LogP contribution >= 0.6 is 11.3 Å². The second-order valence-electron chi connectivity index (χ2n) is 6.76. The van der Waals surface area contributed by atoms with Crippen LogP contribution in [0.2, 0.25) is 0 Å². The van der Waals surface area contributed by atoms with Crippen molar-refractivity contribution in [2.45, 2.75) is 58.4 Å². The van der Waals surface area contributed by atoms with Gasteiger partial charge in [0.15, 0.2) is 5.13 Å². The first-order valence-corrected chi connectivity index (χ1v) is 8.86. The molecule has 3 nitrogen and oxygen atoms in total. The summed E-state index contributed by atoms with van der Waals surface area (Å²) in [6, 6.07) is 0. The first-order valence-electron chi connectivity index (χ1n) is 8.04. The first kappa shape index (κ1) is 14.3. The Morgan fingerprint density at radius 2 is 2.05 bits per heavy atom. The van der Waals surface area contributed by atoms with Gasteiger partial charge in [-0.2, -0.15) is 0 Å². The van der Waals surface area contributed by atoms with Gasteiger partial charge >= 0.3 is 0 Å². The second-order valence-corrected chi connectivity index (χ2v) is 7.82. The highest BCUT2D eigenvalue weighted by Gasteiger charge is 2.33. The first-order chi connectivity index (χ1) is 9.65. The molecule has 0 amide bonds. The number of nitrogens with zero attached hydrogens (tertiary/aromatic N) is 2. The molecule has 1 saturated carbocycles. The van der Waals surface area contributed by atoms with Crippen molar-refractivity contribution < 1.29 is 0 Å². The van der Waals surface area contributed by atoms with Gasteiger partial charge in [0.2, 0.25) is 0 Å². The minimum atomic E-state index is 0.556. The molecule has 0 bridgehead atoms. The number of piperidine rings is 1. The molecule has 0 radical (unpaired) electrons. The maximum absolute atomic E-state index is 4.99. The number of aromatic nitrogens is 1. The molecule has 2 fully saturated rings. The predicted molar refractivity (Wildman–Crippen MR) is 86.7 cm³/mol. The molecule has 3 rings (SSSR count). The zero-order chi connectivity index (χ0) is 14.2. The van der Waals surface area contributed by atoms with Crippen molar-refractivity contribution >= 4 is 16.5 Å². The minimum absolute atomic E-state index is 0.556. The summed E-state index contributed by atoms with van der Waals surface area (Å²) in [6.07, 6.45) is 6.60. The van der Waals surface area contributed by atoms with Crippen molar-refractivity contribution in [3.05, 3.63) is 10.6 Å². The summed E-state index contributed by atoms with van der Waals surface area (Å²) in [4.78, 5) is 8.98. The molecule has 0 atom stereocenters. The van der Waals surface area contributed by atoms with Gasteiger partial charge in [-0.1, -0.05) is 20.3 Å². The maximum atomic E-state index is 4.99. The van der Waals surface area contributed by atoms with E-state index in [1.807, 2.05) is 18.4 Å². The van der Waals surface area contributed by atoms with Gasteiger partial charge in [0.05, 0.1) is 5.69 Å². The summed E-state index contributed by atoms with van der Waals surface area (Å²) >= 11 is 1.92. The molecule has 0 spiro atoms. The van der Waals surface area contributed by atoms with Crippen LogP contribution in [0.1, 0.15) is 62.4 Å². The SMILES string of the molecule is CCC1(C)CCN(c2nc(C3CC3)c(CNC)s2)CC1. The Morgan fingerprint density at radius 3 is 2.60 bits per heavy atom. The van der Waals surface area contributed by atoms with Gasteiger partial charge in [0.25, 0.3) is 0 Å². The molecular weight excluding hydrogens is 266 g/mol. The Bertz CT molecular complexity index is 456. The van der Waals surface area contributed by atoms with Gasteiger partial charge in [-0.15, -0.1) is 11.3 Å². The summed E-state index contributed by atoms with van der Waals surface area (Å²) in [7, 11) is 2.03. The molecule has 4 heteroatoms. The largest absolute Gasteiger partial charge is 0.348 e. The second kappa shape index (κ2) is 5.64. The molecule has 1 aromatic rings. The molecule has 1 aliphatic heterocycles. The number of hydrogen-bond acceptors (Lipinski definition) is 4. The van der Waals surface area contributed by atoms with Crippen LogP contribution in [-0.4, -0.2) is 25.1 Å². The van der Waals surface area contributed by atoms with Crippen LogP contribution < -0.4 is 10.2 Å². The lowest BCUT2D eigenvalue weighted by atomic mass is 9.78. The minimum Gasteiger partial charge on any atom is -0.348 e. The van der Waals surface area contributed by atoms with Crippen LogP contribution in [0.15, 0.2) is 0 Å². The molecule has 2 heterocycles. The highest BCUT2D eigenvalue weighted by Crippen LogP contribution is 2.45. The van der Waals surface area contributed by atoms with Crippen LogP contribution in [0.3, 0.4) is 0 Å². The fourth-order valence-electron chi connectivity index (χ4n) is 3.04. The number of hydrogen-bond donors (Lipinski definition) is 1. The Hall–Kier alpha value is -0.610. The van der Waals surface area contributed by atoms with E-state index in [1.165, 1.54) is 60.9 Å². The van der Waals surface area contributed by atoms with Crippen LogP contribution in [0.5, 0.6) is 0 Å². The molecule has 0 aromatic carbocycles. The molecule has 112 valence electrons. The molecular formula is C16H27N3S. The van der Waals surface area contributed by atoms with Gasteiger partial charge in [0, 0.05) is 30.4 Å². The molecule has 0 unspecified atom stereocenters. The smallest absolute Gasteiger partial charge is 0.185 e. The number of nitrogens with one attached hydrogen (secondary N) is 1. The number of thiazole rings is 1. The van der Waals surface area contributed by atoms with Crippen molar-refractivity contribution in [3.63, 3.8) is 0 Å². The zero-order valence-electron chi connectivity index (χ0n) is 13.0. The summed E-state index contributed by atoms with van der Waals surface area (Å²) in [5, 5.41) is 4.57. The van der Waals surface area contributed by atoms with Gasteiger partial charge in [-0.25, -0.2) is 4.98 Å². The Labute approximate surface area is 126 Å². The quantitative estimate of drug-likeness (QED) is 0.896. The third kappa shape index (κ3) is 2.86. The third-order valence-corrected chi connectivity index (χ3v) is 6.24. The van der Waals surface area contributed by atoms with Gasteiger partial charge in [0.1, 0.15) is 0 Å². The fraction of sp³-hybridized carbons (Fsp3) is 0.812. The number of rotatable bonds is 5. The Morgan fingerprint density at radius 1 is 1.35 bits per heavy atom. The summed E-state index contributed by atoms with van der Waals surface area (Å²) in [6.45, 7) is 8.11. The van der Waals surface area contributed by atoms with E-state index in [4.69, 9.17) is 4.98 Å². The molecule has 20 heavy (non-hydrogen) atoms. The average Bonchev–Trinajstić information content (AvgIpc) is 3.22. The predicted octanol–water partition coefficient (Wildman–Crippen LogP) is 3.76.